The zero-order valence-electron chi connectivity index (χ0n) is 17.6. The molecule has 0 aliphatic rings. The van der Waals surface area contributed by atoms with E-state index < -0.39 is 0 Å². The van der Waals surface area contributed by atoms with Gasteiger partial charge in [-0.1, -0.05) is 59.8 Å². The minimum atomic E-state index is -0.104. The molecule has 1 heterocycles. The van der Waals surface area contributed by atoms with E-state index in [9.17, 15) is 4.79 Å². The van der Waals surface area contributed by atoms with Crippen LogP contribution in [0.5, 0.6) is 0 Å². The average Bonchev–Trinajstić information content (AvgIpc) is 3.11. The van der Waals surface area contributed by atoms with Crippen LogP contribution in [-0.4, -0.2) is 40.5 Å². The second-order valence-electron chi connectivity index (χ2n) is 7.51. The largest absolute Gasteiger partial charge is 0.331 e. The molecule has 2 N–H and O–H groups in total. The summed E-state index contributed by atoms with van der Waals surface area (Å²) in [7, 11) is 4.19. The fourth-order valence-corrected chi connectivity index (χ4v) is 3.86. The molecule has 0 saturated heterocycles. The lowest BCUT2D eigenvalue weighted by Gasteiger charge is -2.18. The van der Waals surface area contributed by atoms with Gasteiger partial charge in [-0.15, -0.1) is 10.2 Å². The Labute approximate surface area is 186 Å². The van der Waals surface area contributed by atoms with Crippen LogP contribution in [0.4, 0.5) is 5.69 Å². The molecule has 0 bridgehead atoms. The van der Waals surface area contributed by atoms with E-state index in [-0.39, 0.29) is 17.7 Å². The van der Waals surface area contributed by atoms with Crippen molar-refractivity contribution in [2.24, 2.45) is 0 Å². The molecule has 0 aliphatic carbocycles. The highest BCUT2D eigenvalue weighted by atomic mass is 35.5. The third-order valence-corrected chi connectivity index (χ3v) is 6.19. The molecule has 1 amide bonds. The molecule has 2 aromatic carbocycles. The topological polar surface area (TPSA) is 64.2 Å². The van der Waals surface area contributed by atoms with Gasteiger partial charge in [0.25, 0.3) is 0 Å². The minimum absolute atomic E-state index is 0.104. The zero-order chi connectivity index (χ0) is 21.7. The van der Waals surface area contributed by atoms with Crippen LogP contribution in [0.15, 0.2) is 53.7 Å². The summed E-state index contributed by atoms with van der Waals surface area (Å²) in [6.45, 7) is 4.73. The molecule has 0 fully saturated rings. The number of nitrogens with zero attached hydrogens (tertiary/aromatic N) is 3. The molecule has 0 unspecified atom stereocenters. The van der Waals surface area contributed by atoms with E-state index >= 15 is 0 Å². The van der Waals surface area contributed by atoms with Crippen LogP contribution in [0, 0.1) is 6.92 Å². The van der Waals surface area contributed by atoms with Crippen LogP contribution in [0.2, 0.25) is 5.02 Å². The number of aromatic nitrogens is 3. The molecule has 6 nitrogen and oxygen atoms in total. The number of benzene rings is 2. The Balaban J connectivity index is 1.76. The fourth-order valence-electron chi connectivity index (χ4n) is 2.95. The monoisotopic (exact) mass is 444 g/mol. The van der Waals surface area contributed by atoms with Gasteiger partial charge in [-0.25, -0.2) is 0 Å². The van der Waals surface area contributed by atoms with E-state index in [0.717, 1.165) is 22.2 Å². The predicted octanol–water partition coefficient (Wildman–Crippen LogP) is 3.22. The molecule has 1 atom stereocenters. The maximum Gasteiger partial charge on any atom is 0.234 e. The highest BCUT2D eigenvalue weighted by molar-refractivity contribution is 7.99. The molecule has 3 rings (SSSR count). The lowest BCUT2D eigenvalue weighted by molar-refractivity contribution is -0.890. The Morgan fingerprint density at radius 3 is 2.63 bits per heavy atom. The number of rotatable bonds is 8. The first-order chi connectivity index (χ1) is 14.3. The van der Waals surface area contributed by atoms with Crippen molar-refractivity contribution in [3.63, 3.8) is 0 Å². The summed E-state index contributed by atoms with van der Waals surface area (Å²) < 4.78 is 2.11. The number of carbonyl (C=O) groups excluding carboxylic acids is 1. The molecule has 0 radical (unpaired) electrons. The zero-order valence-corrected chi connectivity index (χ0v) is 19.2. The summed E-state index contributed by atoms with van der Waals surface area (Å²) in [5, 5.41) is 13.1. The van der Waals surface area contributed by atoms with Gasteiger partial charge in [0.15, 0.2) is 11.0 Å². The van der Waals surface area contributed by atoms with E-state index in [1.807, 2.05) is 37.3 Å². The number of carbonyl (C=O) groups is 1. The van der Waals surface area contributed by atoms with Gasteiger partial charge in [0.05, 0.1) is 26.4 Å². The van der Waals surface area contributed by atoms with Crippen LogP contribution < -0.4 is 10.2 Å². The van der Waals surface area contributed by atoms with E-state index in [0.29, 0.717) is 11.6 Å². The average molecular weight is 445 g/mol. The van der Waals surface area contributed by atoms with E-state index in [1.165, 1.54) is 22.2 Å². The number of halogens is 1. The number of amides is 1. The molecule has 0 spiro atoms. The minimum Gasteiger partial charge on any atom is -0.331 e. The SMILES string of the molecule is Cc1ccc(Cl)cc1NC(=O)CSc1nnc([C@H](C)[NH+](C)C)n1Cc1ccccc1. The van der Waals surface area contributed by atoms with Crippen LogP contribution in [0.1, 0.15) is 29.9 Å². The number of anilines is 1. The maximum atomic E-state index is 12.5. The van der Waals surface area contributed by atoms with Gasteiger partial charge in [-0.2, -0.15) is 0 Å². The van der Waals surface area contributed by atoms with Crippen molar-refractivity contribution in [2.45, 2.75) is 31.6 Å². The molecule has 158 valence electrons. The summed E-state index contributed by atoms with van der Waals surface area (Å²) in [4.78, 5) is 13.8. The molecule has 3 aromatic rings. The van der Waals surface area contributed by atoms with Crippen molar-refractivity contribution >= 4 is 35.0 Å². The van der Waals surface area contributed by atoms with Crippen molar-refractivity contribution in [3.8, 4) is 0 Å². The number of hydrogen-bond acceptors (Lipinski definition) is 4. The van der Waals surface area contributed by atoms with Gasteiger partial charge < -0.3 is 10.2 Å². The quantitative estimate of drug-likeness (QED) is 0.523. The van der Waals surface area contributed by atoms with Crippen LogP contribution in [0.25, 0.3) is 0 Å². The number of quaternary nitrogens is 1. The Hall–Kier alpha value is -2.35. The first-order valence-electron chi connectivity index (χ1n) is 9.81. The first kappa shape index (κ1) is 22.3. The fraction of sp³-hybridized carbons (Fsp3) is 0.318. The number of aryl methyl sites for hydroxylation is 1. The third kappa shape index (κ3) is 5.62. The molecule has 8 heteroatoms. The molecule has 30 heavy (non-hydrogen) atoms. The number of hydrogen-bond donors (Lipinski definition) is 2. The molecule has 0 aliphatic heterocycles. The Morgan fingerprint density at radius 1 is 1.20 bits per heavy atom. The lowest BCUT2D eigenvalue weighted by atomic mass is 10.2. The Bertz CT molecular complexity index is 1010. The van der Waals surface area contributed by atoms with Crippen molar-refractivity contribution in [3.05, 3.63) is 70.5 Å². The van der Waals surface area contributed by atoms with Gasteiger partial charge in [-0.3, -0.25) is 9.36 Å². The summed E-state index contributed by atoms with van der Waals surface area (Å²) in [6, 6.07) is 15.8. The van der Waals surface area contributed by atoms with Gasteiger partial charge >= 0.3 is 0 Å². The smallest absolute Gasteiger partial charge is 0.234 e. The second-order valence-corrected chi connectivity index (χ2v) is 8.89. The van der Waals surface area contributed by atoms with Gasteiger partial charge in [0, 0.05) is 10.7 Å². The second kappa shape index (κ2) is 10.1. The molecule has 1 aromatic heterocycles. The number of nitrogens with one attached hydrogen (secondary N) is 2. The summed E-state index contributed by atoms with van der Waals surface area (Å²) in [6.07, 6.45) is 0. The van der Waals surface area contributed by atoms with Gasteiger partial charge in [0.1, 0.15) is 6.04 Å². The van der Waals surface area contributed by atoms with Crippen LogP contribution in [-0.2, 0) is 11.3 Å². The third-order valence-electron chi connectivity index (χ3n) is 4.99. The Morgan fingerprint density at radius 2 is 1.93 bits per heavy atom. The predicted molar refractivity (Wildman–Crippen MR) is 122 cm³/mol. The van der Waals surface area contributed by atoms with Gasteiger partial charge in [0.2, 0.25) is 5.91 Å². The van der Waals surface area contributed by atoms with E-state index in [4.69, 9.17) is 11.6 Å². The molecular formula is C22H27ClN5OS+. The molecular weight excluding hydrogens is 418 g/mol. The highest BCUT2D eigenvalue weighted by Gasteiger charge is 2.23. The number of thioether (sulfide) groups is 1. The summed E-state index contributed by atoms with van der Waals surface area (Å²) in [5.74, 6) is 1.04. The Kier molecular flexibility index (Phi) is 7.53. The van der Waals surface area contributed by atoms with Crippen molar-refractivity contribution in [1.82, 2.24) is 14.8 Å². The normalized spacial score (nSPS) is 12.2. The van der Waals surface area contributed by atoms with Crippen LogP contribution >= 0.6 is 23.4 Å². The first-order valence-corrected chi connectivity index (χ1v) is 11.2. The highest BCUT2D eigenvalue weighted by Crippen LogP contribution is 2.23. The summed E-state index contributed by atoms with van der Waals surface area (Å²) in [5.41, 5.74) is 2.86. The van der Waals surface area contributed by atoms with Crippen molar-refractivity contribution in [1.29, 1.82) is 0 Å². The molecule has 0 saturated carbocycles. The van der Waals surface area contributed by atoms with Gasteiger partial charge in [-0.05, 0) is 37.1 Å². The maximum absolute atomic E-state index is 12.5. The van der Waals surface area contributed by atoms with Crippen LogP contribution in [0.3, 0.4) is 0 Å². The van der Waals surface area contributed by atoms with Crippen molar-refractivity contribution < 1.29 is 9.69 Å². The van der Waals surface area contributed by atoms with E-state index in [2.05, 4.69) is 53.2 Å². The summed E-state index contributed by atoms with van der Waals surface area (Å²) >= 11 is 7.44. The van der Waals surface area contributed by atoms with E-state index in [1.54, 1.807) is 6.07 Å². The van der Waals surface area contributed by atoms with Crippen molar-refractivity contribution in [2.75, 3.05) is 25.2 Å². The standard InChI is InChI=1S/C22H26ClN5OS/c1-15-10-11-18(23)12-19(15)24-20(29)14-30-22-26-25-21(16(2)27(3)4)28(22)13-17-8-6-5-7-9-17/h5-12,16H,13-14H2,1-4H3,(H,24,29)/p+1/t16-/m0/s1. The lowest BCUT2D eigenvalue weighted by Crippen LogP contribution is -3.05.